The van der Waals surface area contributed by atoms with Crippen molar-refractivity contribution in [1.82, 2.24) is 5.43 Å². The molecule has 1 amide bonds. The van der Waals surface area contributed by atoms with E-state index in [1.165, 1.54) is 0 Å². The minimum atomic E-state index is -0.426. The van der Waals surface area contributed by atoms with Crippen molar-refractivity contribution in [3.63, 3.8) is 0 Å². The topological polar surface area (TPSA) is 41.6 Å². The van der Waals surface area contributed by atoms with Gasteiger partial charge in [0.25, 0.3) is 5.91 Å². The maximum Gasteiger partial charge on any atom is 0.267 e. The molecule has 96 valence electrons. The standard InChI is InChI=1S/C14H18N2O2/c1-5-18-12-8-6-11(7-9-12)16-14(3,4)10(2)13(17)15-16/h6-9H,2,5H2,1,3-4H3,(H,15,17). The van der Waals surface area contributed by atoms with Gasteiger partial charge in [0.2, 0.25) is 0 Å². The summed E-state index contributed by atoms with van der Waals surface area (Å²) in [5.41, 5.74) is 3.87. The van der Waals surface area contributed by atoms with Crippen molar-refractivity contribution < 1.29 is 9.53 Å². The molecular formula is C14H18N2O2. The zero-order valence-corrected chi connectivity index (χ0v) is 11.0. The second-order valence-electron chi connectivity index (χ2n) is 4.74. The molecule has 1 aromatic carbocycles. The molecule has 4 nitrogen and oxygen atoms in total. The molecule has 0 atom stereocenters. The smallest absolute Gasteiger partial charge is 0.267 e. The van der Waals surface area contributed by atoms with Gasteiger partial charge in [-0.2, -0.15) is 0 Å². The second kappa shape index (κ2) is 4.37. The Kier molecular flexibility index (Phi) is 3.03. The molecule has 4 heteroatoms. The summed E-state index contributed by atoms with van der Waals surface area (Å²) >= 11 is 0. The number of hydrogen-bond acceptors (Lipinski definition) is 3. The van der Waals surface area contributed by atoms with Gasteiger partial charge in [-0.3, -0.25) is 15.2 Å². The average Bonchev–Trinajstić information content (AvgIpc) is 2.54. The van der Waals surface area contributed by atoms with Gasteiger partial charge in [0, 0.05) is 5.57 Å². The normalized spacial score (nSPS) is 17.8. The van der Waals surface area contributed by atoms with Gasteiger partial charge in [-0.15, -0.1) is 0 Å². The first-order chi connectivity index (χ1) is 8.46. The van der Waals surface area contributed by atoms with E-state index < -0.39 is 5.54 Å². The summed E-state index contributed by atoms with van der Waals surface area (Å²) < 4.78 is 5.39. The van der Waals surface area contributed by atoms with Crippen LogP contribution in [0.2, 0.25) is 0 Å². The molecule has 18 heavy (non-hydrogen) atoms. The van der Waals surface area contributed by atoms with Crippen LogP contribution in [0.1, 0.15) is 20.8 Å². The molecule has 1 aliphatic rings. The molecular weight excluding hydrogens is 228 g/mol. The van der Waals surface area contributed by atoms with Crippen molar-refractivity contribution in [3.05, 3.63) is 36.4 Å². The summed E-state index contributed by atoms with van der Waals surface area (Å²) in [5, 5.41) is 1.83. The van der Waals surface area contributed by atoms with Crippen LogP contribution in [-0.4, -0.2) is 18.1 Å². The molecule has 0 spiro atoms. The van der Waals surface area contributed by atoms with Gasteiger partial charge in [0.05, 0.1) is 17.8 Å². The quantitative estimate of drug-likeness (QED) is 0.832. The van der Waals surface area contributed by atoms with Gasteiger partial charge < -0.3 is 4.74 Å². The van der Waals surface area contributed by atoms with Crippen LogP contribution in [0, 0.1) is 0 Å². The number of hydrogen-bond donors (Lipinski definition) is 1. The molecule has 1 aromatic rings. The third-order valence-corrected chi connectivity index (χ3v) is 3.19. The Bertz CT molecular complexity index is 477. The number of benzene rings is 1. The van der Waals surface area contributed by atoms with Crippen molar-refractivity contribution in [2.75, 3.05) is 11.6 Å². The maximum absolute atomic E-state index is 11.7. The Morgan fingerprint density at radius 1 is 1.33 bits per heavy atom. The lowest BCUT2D eigenvalue weighted by molar-refractivity contribution is -0.116. The van der Waals surface area contributed by atoms with E-state index >= 15 is 0 Å². The van der Waals surface area contributed by atoms with Crippen LogP contribution >= 0.6 is 0 Å². The second-order valence-corrected chi connectivity index (χ2v) is 4.74. The molecule has 0 aromatic heterocycles. The highest BCUT2D eigenvalue weighted by Crippen LogP contribution is 2.32. The first kappa shape index (κ1) is 12.5. The Balaban J connectivity index is 2.27. The van der Waals surface area contributed by atoms with Crippen molar-refractivity contribution >= 4 is 11.6 Å². The number of carbonyl (C=O) groups is 1. The minimum absolute atomic E-state index is 0.131. The van der Waals surface area contributed by atoms with Gasteiger partial charge in [-0.1, -0.05) is 6.58 Å². The highest BCUT2D eigenvalue weighted by molar-refractivity contribution is 6.00. The molecule has 0 saturated carbocycles. The highest BCUT2D eigenvalue weighted by atomic mass is 16.5. The van der Waals surface area contributed by atoms with E-state index in [1.54, 1.807) is 0 Å². The molecule has 1 N–H and O–H groups in total. The zero-order valence-electron chi connectivity index (χ0n) is 11.0. The van der Waals surface area contributed by atoms with E-state index in [9.17, 15) is 4.79 Å². The van der Waals surface area contributed by atoms with Gasteiger partial charge >= 0.3 is 0 Å². The van der Waals surface area contributed by atoms with Crippen molar-refractivity contribution in [2.24, 2.45) is 0 Å². The Morgan fingerprint density at radius 3 is 2.39 bits per heavy atom. The van der Waals surface area contributed by atoms with Crippen molar-refractivity contribution in [3.8, 4) is 5.75 Å². The lowest BCUT2D eigenvalue weighted by Crippen LogP contribution is -2.44. The first-order valence-corrected chi connectivity index (χ1v) is 6.00. The zero-order chi connectivity index (χ0) is 13.3. The summed E-state index contributed by atoms with van der Waals surface area (Å²) in [5.74, 6) is 0.692. The summed E-state index contributed by atoms with van der Waals surface area (Å²) in [7, 11) is 0. The number of nitrogens with one attached hydrogen (secondary N) is 1. The number of nitrogens with zero attached hydrogens (tertiary/aromatic N) is 1. The molecule has 2 rings (SSSR count). The molecule has 1 heterocycles. The van der Waals surface area contributed by atoms with E-state index in [4.69, 9.17) is 4.74 Å². The molecule has 0 bridgehead atoms. The lowest BCUT2D eigenvalue weighted by atomic mass is 9.96. The molecule has 0 aliphatic carbocycles. The average molecular weight is 246 g/mol. The molecule has 1 aliphatic heterocycles. The lowest BCUT2D eigenvalue weighted by Gasteiger charge is -2.32. The molecule has 1 fully saturated rings. The number of amides is 1. The van der Waals surface area contributed by atoms with Crippen LogP contribution in [0.25, 0.3) is 0 Å². The SMILES string of the molecule is C=C1C(=O)NN(c2ccc(OCC)cc2)C1(C)C. The maximum atomic E-state index is 11.7. The largest absolute Gasteiger partial charge is 0.494 e. The van der Waals surface area contributed by atoms with E-state index in [-0.39, 0.29) is 5.91 Å². The molecule has 0 unspecified atom stereocenters. The van der Waals surface area contributed by atoms with Crippen LogP contribution < -0.4 is 15.2 Å². The number of rotatable bonds is 3. The predicted molar refractivity (Wildman–Crippen MR) is 71.5 cm³/mol. The fraction of sp³-hybridized carbons (Fsp3) is 0.357. The van der Waals surface area contributed by atoms with Crippen molar-refractivity contribution in [2.45, 2.75) is 26.3 Å². The van der Waals surface area contributed by atoms with E-state index in [0.29, 0.717) is 12.2 Å². The van der Waals surface area contributed by atoms with Crippen molar-refractivity contribution in [1.29, 1.82) is 0 Å². The summed E-state index contributed by atoms with van der Waals surface area (Å²) in [6, 6.07) is 7.63. The molecule has 1 saturated heterocycles. The summed E-state index contributed by atoms with van der Waals surface area (Å²) in [4.78, 5) is 11.7. The highest BCUT2D eigenvalue weighted by Gasteiger charge is 2.41. The van der Waals surface area contributed by atoms with E-state index in [2.05, 4.69) is 12.0 Å². The number of ether oxygens (including phenoxy) is 1. The Hall–Kier alpha value is -1.97. The summed E-state index contributed by atoms with van der Waals surface area (Å²) in [6.45, 7) is 10.3. The van der Waals surface area contributed by atoms with Gasteiger partial charge in [-0.05, 0) is 45.0 Å². The van der Waals surface area contributed by atoms with Crippen LogP contribution in [0.5, 0.6) is 5.75 Å². The van der Waals surface area contributed by atoms with Crippen LogP contribution in [0.3, 0.4) is 0 Å². The number of anilines is 1. The van der Waals surface area contributed by atoms with Crippen LogP contribution in [-0.2, 0) is 4.79 Å². The monoisotopic (exact) mass is 246 g/mol. The minimum Gasteiger partial charge on any atom is -0.494 e. The van der Waals surface area contributed by atoms with E-state index in [0.717, 1.165) is 11.4 Å². The van der Waals surface area contributed by atoms with E-state index in [1.807, 2.05) is 50.0 Å². The first-order valence-electron chi connectivity index (χ1n) is 6.00. The van der Waals surface area contributed by atoms with Gasteiger partial charge in [0.1, 0.15) is 5.75 Å². The third kappa shape index (κ3) is 1.94. The molecule has 0 radical (unpaired) electrons. The van der Waals surface area contributed by atoms with Crippen LogP contribution in [0.4, 0.5) is 5.69 Å². The fourth-order valence-electron chi connectivity index (χ4n) is 1.97. The number of hydrazine groups is 1. The summed E-state index contributed by atoms with van der Waals surface area (Å²) in [6.07, 6.45) is 0. The number of carbonyl (C=O) groups excluding carboxylic acids is 1. The van der Waals surface area contributed by atoms with Crippen LogP contribution in [0.15, 0.2) is 36.4 Å². The Labute approximate surface area is 107 Å². The van der Waals surface area contributed by atoms with Gasteiger partial charge in [-0.25, -0.2) is 0 Å². The Morgan fingerprint density at radius 2 is 1.94 bits per heavy atom. The third-order valence-electron chi connectivity index (χ3n) is 3.19. The fourth-order valence-corrected chi connectivity index (χ4v) is 1.97. The predicted octanol–water partition coefficient (Wildman–Crippen LogP) is 2.27. The van der Waals surface area contributed by atoms with Gasteiger partial charge in [0.15, 0.2) is 0 Å².